The Morgan fingerprint density at radius 3 is 2.21 bits per heavy atom. The van der Waals surface area contributed by atoms with Crippen LogP contribution in [0.2, 0.25) is 0 Å². The number of rotatable bonds is 2. The third-order valence-electron chi connectivity index (χ3n) is 2.35. The Morgan fingerprint density at radius 1 is 1.00 bits per heavy atom. The lowest BCUT2D eigenvalue weighted by molar-refractivity contribution is -0.139. The summed E-state index contributed by atoms with van der Waals surface area (Å²) in [5.74, 6) is 0. The van der Waals surface area contributed by atoms with Crippen LogP contribution < -0.4 is 5.73 Å². The van der Waals surface area contributed by atoms with Crippen molar-refractivity contribution < 1.29 is 13.2 Å². The van der Waals surface area contributed by atoms with E-state index in [1.54, 1.807) is 30.3 Å². The van der Waals surface area contributed by atoms with Crippen LogP contribution in [-0.4, -0.2) is 0 Å². The molecule has 0 aromatic heterocycles. The van der Waals surface area contributed by atoms with Gasteiger partial charge in [0, 0.05) is 20.0 Å². The first kappa shape index (κ1) is 14.3. The van der Waals surface area contributed by atoms with Crippen molar-refractivity contribution in [2.75, 3.05) is 5.73 Å². The molecule has 0 saturated heterocycles. The van der Waals surface area contributed by atoms with E-state index in [1.807, 2.05) is 0 Å². The number of nitrogens with two attached hydrogens (primary N) is 1. The van der Waals surface area contributed by atoms with Gasteiger partial charge in [0.05, 0.1) is 5.56 Å². The Balaban J connectivity index is 2.37. The van der Waals surface area contributed by atoms with Crippen LogP contribution in [0.25, 0.3) is 0 Å². The van der Waals surface area contributed by atoms with E-state index in [4.69, 9.17) is 5.73 Å². The van der Waals surface area contributed by atoms with Gasteiger partial charge in [0.15, 0.2) is 0 Å². The van der Waals surface area contributed by atoms with Crippen LogP contribution in [-0.2, 0) is 6.18 Å². The Kier molecular flexibility index (Phi) is 4.10. The van der Waals surface area contributed by atoms with Crippen LogP contribution in [0.1, 0.15) is 5.56 Å². The Bertz CT molecular complexity index is 581. The SMILES string of the molecule is Nc1ccc(Sc2ccc(Br)cc2C(F)(F)F)cc1. The molecule has 2 aromatic carbocycles. The summed E-state index contributed by atoms with van der Waals surface area (Å²) in [7, 11) is 0. The Labute approximate surface area is 121 Å². The molecule has 0 fully saturated rings. The van der Waals surface area contributed by atoms with E-state index in [1.165, 1.54) is 6.07 Å². The number of alkyl halides is 3. The number of hydrogen-bond donors (Lipinski definition) is 1. The number of benzene rings is 2. The number of halogens is 4. The van der Waals surface area contributed by atoms with Crippen molar-refractivity contribution >= 4 is 33.4 Å². The monoisotopic (exact) mass is 347 g/mol. The normalized spacial score (nSPS) is 11.6. The topological polar surface area (TPSA) is 26.0 Å². The highest BCUT2D eigenvalue weighted by atomic mass is 79.9. The Morgan fingerprint density at radius 2 is 1.63 bits per heavy atom. The molecule has 0 aliphatic rings. The summed E-state index contributed by atoms with van der Waals surface area (Å²) in [4.78, 5) is 0.877. The summed E-state index contributed by atoms with van der Waals surface area (Å²) in [6.45, 7) is 0. The summed E-state index contributed by atoms with van der Waals surface area (Å²) in [5.41, 5.74) is 5.47. The lowest BCUT2D eigenvalue weighted by atomic mass is 10.2. The second-order valence-corrected chi connectivity index (χ2v) is 5.84. The zero-order chi connectivity index (χ0) is 14.0. The van der Waals surface area contributed by atoms with E-state index < -0.39 is 11.7 Å². The van der Waals surface area contributed by atoms with Gasteiger partial charge in [-0.3, -0.25) is 0 Å². The molecule has 0 unspecified atom stereocenters. The van der Waals surface area contributed by atoms with E-state index in [-0.39, 0.29) is 4.90 Å². The average Bonchev–Trinajstić information content (AvgIpc) is 2.33. The Hall–Kier alpha value is -1.14. The zero-order valence-corrected chi connectivity index (χ0v) is 11.9. The number of anilines is 1. The highest BCUT2D eigenvalue weighted by molar-refractivity contribution is 9.10. The molecule has 2 aromatic rings. The van der Waals surface area contributed by atoms with Gasteiger partial charge in [-0.25, -0.2) is 0 Å². The predicted octanol–water partition coefficient (Wildman–Crippen LogP) is 5.20. The molecule has 0 radical (unpaired) electrons. The van der Waals surface area contributed by atoms with Crippen molar-refractivity contribution in [3.05, 3.63) is 52.5 Å². The molecule has 0 heterocycles. The van der Waals surface area contributed by atoms with E-state index in [2.05, 4.69) is 15.9 Å². The third-order valence-corrected chi connectivity index (χ3v) is 3.93. The molecule has 6 heteroatoms. The standard InChI is InChI=1S/C13H9BrF3NS/c14-8-1-6-12(11(7-8)13(15,16)17)19-10-4-2-9(18)3-5-10/h1-7H,18H2. The van der Waals surface area contributed by atoms with Crippen LogP contribution >= 0.6 is 27.7 Å². The first-order chi connectivity index (χ1) is 8.86. The van der Waals surface area contributed by atoms with E-state index in [9.17, 15) is 13.2 Å². The highest BCUT2D eigenvalue weighted by Crippen LogP contribution is 2.40. The van der Waals surface area contributed by atoms with Gasteiger partial charge in [-0.15, -0.1) is 0 Å². The molecule has 1 nitrogen and oxygen atoms in total. The first-order valence-corrected chi connectivity index (χ1v) is 6.87. The van der Waals surface area contributed by atoms with E-state index in [0.717, 1.165) is 17.8 Å². The molecule has 0 spiro atoms. The van der Waals surface area contributed by atoms with Gasteiger partial charge in [-0.05, 0) is 42.5 Å². The third kappa shape index (κ3) is 3.67. The van der Waals surface area contributed by atoms with Gasteiger partial charge in [-0.1, -0.05) is 27.7 Å². The van der Waals surface area contributed by atoms with Crippen molar-refractivity contribution in [3.63, 3.8) is 0 Å². The number of hydrogen-bond acceptors (Lipinski definition) is 2. The summed E-state index contributed by atoms with van der Waals surface area (Å²) >= 11 is 4.12. The molecule has 19 heavy (non-hydrogen) atoms. The van der Waals surface area contributed by atoms with Crippen molar-refractivity contribution in [1.29, 1.82) is 0 Å². The van der Waals surface area contributed by atoms with Crippen LogP contribution in [0.3, 0.4) is 0 Å². The molecular formula is C13H9BrF3NS. The zero-order valence-electron chi connectivity index (χ0n) is 9.54. The maximum absolute atomic E-state index is 12.9. The van der Waals surface area contributed by atoms with Crippen LogP contribution in [0.4, 0.5) is 18.9 Å². The maximum atomic E-state index is 12.9. The minimum Gasteiger partial charge on any atom is -0.399 e. The molecule has 0 aliphatic heterocycles. The fourth-order valence-corrected chi connectivity index (χ4v) is 2.78. The second kappa shape index (κ2) is 5.46. The van der Waals surface area contributed by atoms with Gasteiger partial charge in [0.25, 0.3) is 0 Å². The van der Waals surface area contributed by atoms with E-state index in [0.29, 0.717) is 15.1 Å². The van der Waals surface area contributed by atoms with Gasteiger partial charge < -0.3 is 5.73 Å². The summed E-state index contributed by atoms with van der Waals surface area (Å²) < 4.78 is 39.2. The predicted molar refractivity (Wildman–Crippen MR) is 74.1 cm³/mol. The maximum Gasteiger partial charge on any atom is 0.417 e. The molecule has 0 atom stereocenters. The molecule has 100 valence electrons. The van der Waals surface area contributed by atoms with Crippen molar-refractivity contribution in [2.45, 2.75) is 16.0 Å². The molecule has 0 saturated carbocycles. The van der Waals surface area contributed by atoms with Crippen LogP contribution in [0.15, 0.2) is 56.7 Å². The first-order valence-electron chi connectivity index (χ1n) is 5.26. The van der Waals surface area contributed by atoms with Gasteiger partial charge >= 0.3 is 6.18 Å². The summed E-state index contributed by atoms with van der Waals surface area (Å²) in [5, 5.41) is 0. The molecule has 2 rings (SSSR count). The number of nitrogen functional groups attached to an aromatic ring is 1. The smallest absolute Gasteiger partial charge is 0.399 e. The average molecular weight is 348 g/mol. The molecule has 0 bridgehead atoms. The second-order valence-electron chi connectivity index (χ2n) is 3.81. The lowest BCUT2D eigenvalue weighted by Gasteiger charge is -2.13. The minimum absolute atomic E-state index is 0.167. The summed E-state index contributed by atoms with van der Waals surface area (Å²) in [6.07, 6.45) is -4.38. The van der Waals surface area contributed by atoms with Crippen LogP contribution in [0, 0.1) is 0 Å². The summed E-state index contributed by atoms with van der Waals surface area (Å²) in [6, 6.07) is 10.8. The van der Waals surface area contributed by atoms with Crippen LogP contribution in [0.5, 0.6) is 0 Å². The van der Waals surface area contributed by atoms with Gasteiger partial charge in [0.1, 0.15) is 0 Å². The quantitative estimate of drug-likeness (QED) is 0.755. The molecule has 0 aliphatic carbocycles. The van der Waals surface area contributed by atoms with Gasteiger partial charge in [0.2, 0.25) is 0 Å². The van der Waals surface area contributed by atoms with Crippen molar-refractivity contribution in [1.82, 2.24) is 0 Å². The molecule has 0 amide bonds. The lowest BCUT2D eigenvalue weighted by Crippen LogP contribution is -2.06. The highest BCUT2D eigenvalue weighted by Gasteiger charge is 2.33. The molecular weight excluding hydrogens is 339 g/mol. The van der Waals surface area contributed by atoms with E-state index >= 15 is 0 Å². The fourth-order valence-electron chi connectivity index (χ4n) is 1.48. The minimum atomic E-state index is -4.38. The molecule has 2 N–H and O–H groups in total. The largest absolute Gasteiger partial charge is 0.417 e. The van der Waals surface area contributed by atoms with Crippen molar-refractivity contribution in [2.24, 2.45) is 0 Å². The van der Waals surface area contributed by atoms with Crippen molar-refractivity contribution in [3.8, 4) is 0 Å². The fraction of sp³-hybridized carbons (Fsp3) is 0.0769. The van der Waals surface area contributed by atoms with Gasteiger partial charge in [-0.2, -0.15) is 13.2 Å².